The Morgan fingerprint density at radius 3 is 0.605 bits per heavy atom. The Hall–Kier alpha value is -4.32. The molecule has 4 rings (SSSR count). The Kier molecular flexibility index (Phi) is 8.01. The highest BCUT2D eigenvalue weighted by atomic mass is 19.4. The average Bonchev–Trinajstić information content (AvgIpc) is 2.90. The van der Waals surface area contributed by atoms with Crippen molar-refractivity contribution in [3.05, 3.63) is 142 Å². The van der Waals surface area contributed by atoms with Gasteiger partial charge in [-0.25, -0.2) is 0 Å². The van der Waals surface area contributed by atoms with Gasteiger partial charge in [-0.1, -0.05) is 109 Å². The molecule has 0 amide bonds. The topological polar surface area (TPSA) is 0 Å². The molecule has 0 fully saturated rings. The maximum Gasteiger partial charge on any atom is 0.416 e. The lowest BCUT2D eigenvalue weighted by Gasteiger charge is -2.06. The molecule has 0 saturated carbocycles. The first-order valence-corrected chi connectivity index (χ1v) is 11.7. The molecule has 0 aliphatic heterocycles. The second-order valence-electron chi connectivity index (χ2n) is 8.57. The van der Waals surface area contributed by atoms with Crippen LogP contribution in [-0.2, 0) is 12.4 Å². The standard InChI is InChI=1S/C32H22F6/c33-31(34,35)29-19-15-27(16-20-29)13-11-25-7-3-23(4-8-25)1-2-24-5-9-26(10-6-24)12-14-28-17-21-30(22-18-28)32(36,37)38/h1-22H. The smallest absolute Gasteiger partial charge is 0.166 e. The lowest BCUT2D eigenvalue weighted by molar-refractivity contribution is -0.138. The molecule has 0 aromatic heterocycles. The normalized spacial score (nSPS) is 12.7. The molecular formula is C32H22F6. The quantitative estimate of drug-likeness (QED) is 0.175. The summed E-state index contributed by atoms with van der Waals surface area (Å²) in [5.74, 6) is 0. The van der Waals surface area contributed by atoms with Crippen LogP contribution in [0.5, 0.6) is 0 Å². The first-order chi connectivity index (χ1) is 18.1. The van der Waals surface area contributed by atoms with Gasteiger partial charge in [-0.05, 0) is 57.6 Å². The monoisotopic (exact) mass is 520 g/mol. The van der Waals surface area contributed by atoms with Gasteiger partial charge in [0, 0.05) is 0 Å². The average molecular weight is 521 g/mol. The summed E-state index contributed by atoms with van der Waals surface area (Å²) in [6.45, 7) is 0. The van der Waals surface area contributed by atoms with Crippen molar-refractivity contribution in [1.29, 1.82) is 0 Å². The predicted octanol–water partition coefficient (Wildman–Crippen LogP) is 10.2. The van der Waals surface area contributed by atoms with Gasteiger partial charge >= 0.3 is 12.4 Å². The van der Waals surface area contributed by atoms with E-state index in [-0.39, 0.29) is 0 Å². The maximum atomic E-state index is 12.7. The molecule has 38 heavy (non-hydrogen) atoms. The highest BCUT2D eigenvalue weighted by molar-refractivity contribution is 5.74. The van der Waals surface area contributed by atoms with Crippen LogP contribution in [0.3, 0.4) is 0 Å². The fourth-order valence-corrected chi connectivity index (χ4v) is 3.58. The van der Waals surface area contributed by atoms with Crippen molar-refractivity contribution in [2.24, 2.45) is 0 Å². The number of hydrogen-bond donors (Lipinski definition) is 0. The van der Waals surface area contributed by atoms with E-state index in [2.05, 4.69) is 0 Å². The van der Waals surface area contributed by atoms with Gasteiger partial charge in [0.15, 0.2) is 0 Å². The minimum absolute atomic E-state index is 0.671. The zero-order valence-corrected chi connectivity index (χ0v) is 20.0. The first kappa shape index (κ1) is 26.7. The van der Waals surface area contributed by atoms with Crippen molar-refractivity contribution >= 4 is 36.5 Å². The molecule has 0 bridgehead atoms. The largest absolute Gasteiger partial charge is 0.416 e. The molecule has 0 N–H and O–H groups in total. The number of alkyl halides is 6. The molecule has 4 aromatic rings. The second kappa shape index (κ2) is 11.4. The molecular weight excluding hydrogens is 498 g/mol. The van der Waals surface area contributed by atoms with E-state index in [9.17, 15) is 26.3 Å². The Bertz CT molecular complexity index is 1300. The van der Waals surface area contributed by atoms with Crippen molar-refractivity contribution in [2.75, 3.05) is 0 Å². The minimum atomic E-state index is -4.34. The summed E-state index contributed by atoms with van der Waals surface area (Å²) in [5, 5.41) is 0. The van der Waals surface area contributed by atoms with Crippen molar-refractivity contribution in [1.82, 2.24) is 0 Å². The SMILES string of the molecule is FC(F)(F)c1ccc(C=Cc2ccc(C=Cc3ccc(C=Cc4ccc(C(F)(F)F)cc4)cc3)cc2)cc1. The van der Waals surface area contributed by atoms with E-state index >= 15 is 0 Å². The fourth-order valence-electron chi connectivity index (χ4n) is 3.58. The summed E-state index contributed by atoms with van der Waals surface area (Å²) in [4.78, 5) is 0. The van der Waals surface area contributed by atoms with Crippen LogP contribution in [0.25, 0.3) is 36.5 Å². The number of rotatable bonds is 6. The predicted molar refractivity (Wildman–Crippen MR) is 143 cm³/mol. The number of benzene rings is 4. The van der Waals surface area contributed by atoms with Crippen molar-refractivity contribution in [3.8, 4) is 0 Å². The van der Waals surface area contributed by atoms with Crippen LogP contribution in [0.15, 0.2) is 97.1 Å². The van der Waals surface area contributed by atoms with Gasteiger partial charge in [-0.15, -0.1) is 0 Å². The molecule has 0 aliphatic carbocycles. The molecule has 0 heterocycles. The maximum absolute atomic E-state index is 12.7. The zero-order valence-electron chi connectivity index (χ0n) is 20.0. The molecule has 0 unspecified atom stereocenters. The van der Waals surface area contributed by atoms with Crippen LogP contribution < -0.4 is 0 Å². The van der Waals surface area contributed by atoms with E-state index in [1.807, 2.05) is 72.8 Å². The van der Waals surface area contributed by atoms with E-state index in [0.717, 1.165) is 46.5 Å². The Morgan fingerprint density at radius 1 is 0.289 bits per heavy atom. The van der Waals surface area contributed by atoms with Crippen LogP contribution in [0.4, 0.5) is 26.3 Å². The lowest BCUT2D eigenvalue weighted by Crippen LogP contribution is -2.03. The van der Waals surface area contributed by atoms with E-state index in [0.29, 0.717) is 11.1 Å². The van der Waals surface area contributed by atoms with Crippen molar-refractivity contribution < 1.29 is 26.3 Å². The number of halogens is 6. The van der Waals surface area contributed by atoms with Crippen LogP contribution >= 0.6 is 0 Å². The van der Waals surface area contributed by atoms with Gasteiger partial charge in [0.05, 0.1) is 11.1 Å². The summed E-state index contributed by atoms with van der Waals surface area (Å²) in [6.07, 6.45) is 2.45. The Labute approximate surface area is 216 Å². The summed E-state index contributed by atoms with van der Waals surface area (Å²) >= 11 is 0. The summed E-state index contributed by atoms with van der Waals surface area (Å²) in [6, 6.07) is 25.5. The molecule has 192 valence electrons. The molecule has 4 aromatic carbocycles. The van der Waals surface area contributed by atoms with E-state index in [1.54, 1.807) is 12.2 Å². The molecule has 0 radical (unpaired) electrons. The van der Waals surface area contributed by atoms with Gasteiger partial charge in [0.2, 0.25) is 0 Å². The summed E-state index contributed by atoms with van der Waals surface area (Å²) in [5.41, 5.74) is 3.84. The third kappa shape index (κ3) is 7.59. The van der Waals surface area contributed by atoms with Gasteiger partial charge in [0.1, 0.15) is 0 Å². The molecule has 0 aliphatic rings. The van der Waals surface area contributed by atoms with E-state index in [4.69, 9.17) is 0 Å². The molecule has 0 nitrogen and oxygen atoms in total. The molecule has 0 spiro atoms. The van der Waals surface area contributed by atoms with E-state index in [1.165, 1.54) is 24.3 Å². The van der Waals surface area contributed by atoms with Gasteiger partial charge in [-0.3, -0.25) is 0 Å². The molecule has 0 saturated heterocycles. The van der Waals surface area contributed by atoms with Crippen LogP contribution in [0.2, 0.25) is 0 Å². The van der Waals surface area contributed by atoms with Gasteiger partial charge in [0.25, 0.3) is 0 Å². The van der Waals surface area contributed by atoms with Crippen LogP contribution in [-0.4, -0.2) is 0 Å². The minimum Gasteiger partial charge on any atom is -0.166 e. The Morgan fingerprint density at radius 2 is 0.447 bits per heavy atom. The number of hydrogen-bond acceptors (Lipinski definition) is 0. The lowest BCUT2D eigenvalue weighted by atomic mass is 10.1. The first-order valence-electron chi connectivity index (χ1n) is 11.7. The van der Waals surface area contributed by atoms with Gasteiger partial charge in [-0.2, -0.15) is 26.3 Å². The van der Waals surface area contributed by atoms with E-state index < -0.39 is 23.5 Å². The fraction of sp³-hybridized carbons (Fsp3) is 0.0625. The highest BCUT2D eigenvalue weighted by Gasteiger charge is 2.30. The second-order valence-corrected chi connectivity index (χ2v) is 8.57. The summed E-state index contributed by atoms with van der Waals surface area (Å²) < 4.78 is 76.0. The van der Waals surface area contributed by atoms with Crippen LogP contribution in [0, 0.1) is 0 Å². The van der Waals surface area contributed by atoms with Crippen molar-refractivity contribution in [2.45, 2.75) is 12.4 Å². The molecule has 6 heteroatoms. The Balaban J connectivity index is 1.33. The van der Waals surface area contributed by atoms with Crippen LogP contribution in [0.1, 0.15) is 44.5 Å². The van der Waals surface area contributed by atoms with Crippen molar-refractivity contribution in [3.63, 3.8) is 0 Å². The third-order valence-corrected chi connectivity index (χ3v) is 5.75. The third-order valence-electron chi connectivity index (χ3n) is 5.75. The van der Waals surface area contributed by atoms with Gasteiger partial charge < -0.3 is 0 Å². The highest BCUT2D eigenvalue weighted by Crippen LogP contribution is 2.30. The summed E-state index contributed by atoms with van der Waals surface area (Å²) in [7, 11) is 0. The molecule has 0 atom stereocenters. The zero-order chi connectivity index (χ0) is 27.2.